The van der Waals surface area contributed by atoms with Gasteiger partial charge in [-0.05, 0) is 52.9 Å². The quantitative estimate of drug-likeness (QED) is 0.846. The van der Waals surface area contributed by atoms with Crippen molar-refractivity contribution >= 4 is 17.6 Å². The lowest BCUT2D eigenvalue weighted by Crippen LogP contribution is -2.33. The zero-order chi connectivity index (χ0) is 14.1. The summed E-state index contributed by atoms with van der Waals surface area (Å²) in [7, 11) is 0. The number of hydrogen-bond donors (Lipinski definition) is 2. The summed E-state index contributed by atoms with van der Waals surface area (Å²) >= 11 is 6.04. The molecule has 2 unspecified atom stereocenters. The van der Waals surface area contributed by atoms with Gasteiger partial charge in [0.1, 0.15) is 11.2 Å². The van der Waals surface area contributed by atoms with E-state index in [1.165, 1.54) is 0 Å². The van der Waals surface area contributed by atoms with E-state index in [-0.39, 0.29) is 11.7 Å². The highest BCUT2D eigenvalue weighted by atomic mass is 35.5. The second-order valence-electron chi connectivity index (χ2n) is 5.47. The predicted octanol–water partition coefficient (Wildman–Crippen LogP) is 3.27. The second kappa shape index (κ2) is 3.55. The highest BCUT2D eigenvalue weighted by Gasteiger charge is 2.57. The Morgan fingerprint density at radius 2 is 1.80 bits per heavy atom. The average Bonchev–Trinajstić information content (AvgIpc) is 2.91. The van der Waals surface area contributed by atoms with Crippen LogP contribution in [0.2, 0.25) is 5.02 Å². The average molecular weight is 287 g/mol. The third-order valence-electron chi connectivity index (χ3n) is 4.60. The Bertz CT molecular complexity index is 713. The molecular weight excluding hydrogens is 276 g/mol. The summed E-state index contributed by atoms with van der Waals surface area (Å²) in [6.07, 6.45) is 0.511. The van der Waals surface area contributed by atoms with Gasteiger partial charge in [-0.2, -0.15) is 0 Å². The number of aromatic hydroxyl groups is 1. The molecule has 4 heteroatoms. The fourth-order valence-corrected chi connectivity index (χ4v) is 3.97. The molecule has 0 saturated heterocycles. The molecule has 0 aliphatic heterocycles. The summed E-state index contributed by atoms with van der Waals surface area (Å²) in [5.41, 5.74) is 2.43. The Hall–Kier alpha value is -2.00. The van der Waals surface area contributed by atoms with Crippen molar-refractivity contribution in [2.45, 2.75) is 17.8 Å². The molecule has 0 heterocycles. The minimum Gasteiger partial charge on any atom is -0.508 e. The Balaban J connectivity index is 2.09. The molecule has 2 aromatic carbocycles. The number of aliphatic carboxylic acids is 1. The third-order valence-corrected chi connectivity index (χ3v) is 4.83. The molecule has 0 amide bonds. The van der Waals surface area contributed by atoms with Crippen molar-refractivity contribution in [1.29, 1.82) is 0 Å². The summed E-state index contributed by atoms with van der Waals surface area (Å²) in [6.45, 7) is 0. The maximum absolute atomic E-state index is 12.0. The van der Waals surface area contributed by atoms with Crippen molar-refractivity contribution in [3.8, 4) is 5.75 Å². The molecule has 2 N–H and O–H groups in total. The molecule has 2 aliphatic carbocycles. The van der Waals surface area contributed by atoms with Crippen LogP contribution >= 0.6 is 11.6 Å². The van der Waals surface area contributed by atoms with Crippen LogP contribution in [0.5, 0.6) is 5.75 Å². The molecule has 2 atom stereocenters. The van der Waals surface area contributed by atoms with E-state index in [1.54, 1.807) is 24.3 Å². The second-order valence-corrected chi connectivity index (χ2v) is 5.91. The molecule has 0 fully saturated rings. The van der Waals surface area contributed by atoms with E-state index >= 15 is 0 Å². The predicted molar refractivity (Wildman–Crippen MR) is 74.4 cm³/mol. The third kappa shape index (κ3) is 1.19. The first-order valence-electron chi connectivity index (χ1n) is 6.41. The summed E-state index contributed by atoms with van der Waals surface area (Å²) in [6, 6.07) is 10.5. The molecule has 0 aromatic heterocycles. The monoisotopic (exact) mass is 286 g/mol. The number of carboxylic acids is 1. The summed E-state index contributed by atoms with van der Waals surface area (Å²) in [4.78, 5) is 12.0. The van der Waals surface area contributed by atoms with Gasteiger partial charge < -0.3 is 10.2 Å². The van der Waals surface area contributed by atoms with Crippen LogP contribution in [0.1, 0.15) is 34.6 Å². The van der Waals surface area contributed by atoms with E-state index in [1.807, 2.05) is 12.1 Å². The molecule has 2 aromatic rings. The Morgan fingerprint density at radius 1 is 1.15 bits per heavy atom. The summed E-state index contributed by atoms with van der Waals surface area (Å²) in [5.74, 6) is -0.706. The molecule has 4 rings (SSSR count). The Labute approximate surface area is 120 Å². The van der Waals surface area contributed by atoms with Crippen LogP contribution in [0.4, 0.5) is 0 Å². The maximum atomic E-state index is 12.0. The summed E-state index contributed by atoms with van der Waals surface area (Å²) < 4.78 is 0. The number of fused-ring (bicyclic) bond motifs is 8. The Morgan fingerprint density at radius 3 is 2.50 bits per heavy atom. The van der Waals surface area contributed by atoms with Crippen LogP contribution in [0.25, 0.3) is 0 Å². The van der Waals surface area contributed by atoms with E-state index in [4.69, 9.17) is 11.6 Å². The first kappa shape index (κ1) is 11.8. The van der Waals surface area contributed by atoms with Gasteiger partial charge in [-0.3, -0.25) is 4.79 Å². The van der Waals surface area contributed by atoms with Crippen LogP contribution in [-0.4, -0.2) is 16.2 Å². The molecule has 3 nitrogen and oxygen atoms in total. The van der Waals surface area contributed by atoms with E-state index in [9.17, 15) is 15.0 Å². The molecule has 0 saturated carbocycles. The fourth-order valence-electron chi connectivity index (χ4n) is 3.80. The van der Waals surface area contributed by atoms with Crippen LogP contribution in [-0.2, 0) is 10.2 Å². The molecule has 0 spiro atoms. The highest BCUT2D eigenvalue weighted by molar-refractivity contribution is 6.30. The van der Waals surface area contributed by atoms with Crippen molar-refractivity contribution < 1.29 is 15.0 Å². The number of halogens is 1. The number of phenols is 1. The lowest BCUT2D eigenvalue weighted by atomic mass is 9.75. The molecular formula is C16H11ClO3. The molecule has 100 valence electrons. The molecule has 0 radical (unpaired) electrons. The van der Waals surface area contributed by atoms with Crippen LogP contribution < -0.4 is 0 Å². The van der Waals surface area contributed by atoms with E-state index in [0.29, 0.717) is 17.0 Å². The smallest absolute Gasteiger partial charge is 0.318 e. The van der Waals surface area contributed by atoms with Crippen molar-refractivity contribution in [3.63, 3.8) is 0 Å². The van der Waals surface area contributed by atoms with Crippen molar-refractivity contribution in [1.82, 2.24) is 0 Å². The number of hydrogen-bond acceptors (Lipinski definition) is 2. The van der Waals surface area contributed by atoms with Crippen molar-refractivity contribution in [3.05, 3.63) is 63.7 Å². The lowest BCUT2D eigenvalue weighted by molar-refractivity contribution is -0.141. The van der Waals surface area contributed by atoms with Gasteiger partial charge in [0, 0.05) is 10.9 Å². The van der Waals surface area contributed by atoms with Crippen LogP contribution in [0.15, 0.2) is 36.4 Å². The first-order valence-corrected chi connectivity index (χ1v) is 6.78. The fraction of sp³-hybridized carbons (Fsp3) is 0.188. The van der Waals surface area contributed by atoms with E-state index in [2.05, 4.69) is 0 Å². The maximum Gasteiger partial charge on any atom is 0.318 e. The SMILES string of the molecule is O=C(O)C12CC(c3ccc(O)cc31)c1ccc(Cl)cc12. The van der Waals surface area contributed by atoms with Gasteiger partial charge in [-0.25, -0.2) is 0 Å². The molecule has 20 heavy (non-hydrogen) atoms. The number of carbonyl (C=O) groups is 1. The van der Waals surface area contributed by atoms with Gasteiger partial charge in [0.25, 0.3) is 0 Å². The van der Waals surface area contributed by atoms with Crippen LogP contribution in [0, 0.1) is 0 Å². The van der Waals surface area contributed by atoms with Gasteiger partial charge in [0.15, 0.2) is 0 Å². The minimum absolute atomic E-state index is 0.0777. The van der Waals surface area contributed by atoms with Crippen LogP contribution in [0.3, 0.4) is 0 Å². The number of rotatable bonds is 1. The highest BCUT2D eigenvalue weighted by Crippen LogP contribution is 2.61. The molecule has 2 bridgehead atoms. The number of benzene rings is 2. The van der Waals surface area contributed by atoms with Gasteiger partial charge in [0.05, 0.1) is 0 Å². The zero-order valence-electron chi connectivity index (χ0n) is 10.4. The lowest BCUT2D eigenvalue weighted by Gasteiger charge is -2.27. The molecule has 2 aliphatic rings. The largest absolute Gasteiger partial charge is 0.508 e. The van der Waals surface area contributed by atoms with Crippen molar-refractivity contribution in [2.24, 2.45) is 0 Å². The minimum atomic E-state index is -1.07. The van der Waals surface area contributed by atoms with E-state index in [0.717, 1.165) is 16.7 Å². The van der Waals surface area contributed by atoms with Crippen molar-refractivity contribution in [2.75, 3.05) is 0 Å². The van der Waals surface area contributed by atoms with Gasteiger partial charge >= 0.3 is 5.97 Å². The topological polar surface area (TPSA) is 57.5 Å². The zero-order valence-corrected chi connectivity index (χ0v) is 11.2. The van der Waals surface area contributed by atoms with Gasteiger partial charge in [-0.1, -0.05) is 23.7 Å². The number of phenolic OH excluding ortho intramolecular Hbond substituents is 1. The first-order chi connectivity index (χ1) is 9.54. The summed E-state index contributed by atoms with van der Waals surface area (Å²) in [5, 5.41) is 20.1. The standard InChI is InChI=1S/C16H11ClO3/c17-8-1-3-10-12-7-16(15(19)20,13(10)5-8)14-6-9(18)2-4-11(12)14/h1-6,12,18H,7H2,(H,19,20). The Kier molecular flexibility index (Phi) is 2.10. The van der Waals surface area contributed by atoms with Gasteiger partial charge in [-0.15, -0.1) is 0 Å². The number of carboxylic acid groups (broad SMARTS) is 1. The normalized spacial score (nSPS) is 25.4. The van der Waals surface area contributed by atoms with Gasteiger partial charge in [0.2, 0.25) is 0 Å². The van der Waals surface area contributed by atoms with E-state index < -0.39 is 11.4 Å².